The minimum absolute atomic E-state index is 0.108. The maximum atomic E-state index is 13.4. The van der Waals surface area contributed by atoms with Crippen LogP contribution in [0.25, 0.3) is 0 Å². The normalized spacial score (nSPS) is 18.9. The topological polar surface area (TPSA) is 87.2 Å². The molecule has 0 bridgehead atoms. The van der Waals surface area contributed by atoms with Gasteiger partial charge in [0.1, 0.15) is 12.3 Å². The van der Waals surface area contributed by atoms with E-state index >= 15 is 0 Å². The number of nitrogens with zero attached hydrogens (tertiary/aromatic N) is 2. The third-order valence-corrected chi connectivity index (χ3v) is 7.42. The smallest absolute Gasteiger partial charge is 0.264 e. The summed E-state index contributed by atoms with van der Waals surface area (Å²) in [6.07, 6.45) is 2.63. The summed E-state index contributed by atoms with van der Waals surface area (Å²) in [5.74, 6) is 0.261. The van der Waals surface area contributed by atoms with Gasteiger partial charge in [-0.1, -0.05) is 31.0 Å². The second-order valence-electron chi connectivity index (χ2n) is 7.68. The first-order chi connectivity index (χ1) is 14.8. The molecule has 2 aromatic rings. The largest absolute Gasteiger partial charge is 0.494 e. The van der Waals surface area contributed by atoms with Crippen LogP contribution in [0.15, 0.2) is 59.5 Å². The second kappa shape index (κ2) is 10.2. The van der Waals surface area contributed by atoms with Crippen LogP contribution in [0.3, 0.4) is 0 Å². The van der Waals surface area contributed by atoms with Crippen molar-refractivity contribution in [3.05, 3.63) is 54.6 Å². The number of likely N-dealkylation sites (N-methyl/N-ethyl adjacent to an activating group) is 1. The van der Waals surface area contributed by atoms with Crippen LogP contribution in [0.4, 0.5) is 5.69 Å². The van der Waals surface area contributed by atoms with Gasteiger partial charge in [-0.15, -0.1) is 0 Å². The number of ether oxygens (including phenoxy) is 1. The van der Waals surface area contributed by atoms with Crippen LogP contribution in [0.2, 0.25) is 0 Å². The summed E-state index contributed by atoms with van der Waals surface area (Å²) in [6, 6.07) is 14.4. The Balaban J connectivity index is 1.91. The van der Waals surface area contributed by atoms with Crippen LogP contribution in [-0.2, 0) is 14.8 Å². The number of carbonyl (C=O) groups is 1. The minimum Gasteiger partial charge on any atom is -0.494 e. The number of aliphatic hydroxyl groups excluding tert-OH is 1. The highest BCUT2D eigenvalue weighted by molar-refractivity contribution is 7.92. The standard InChI is InChI=1S/C23H30N2O5S/c1-3-30-19-15-13-18(14-16-19)25(31(28,29)20-9-5-4-6-10-20)17-23(27)24(2)21-11-7-8-12-22(21)26/h4-6,9-10,13-16,21-22,26H,3,7-8,11-12,17H2,1-2H3. The van der Waals surface area contributed by atoms with Crippen molar-refractivity contribution in [1.29, 1.82) is 0 Å². The highest BCUT2D eigenvalue weighted by Gasteiger charge is 2.33. The number of anilines is 1. The zero-order valence-corrected chi connectivity index (χ0v) is 18.8. The fourth-order valence-electron chi connectivity index (χ4n) is 3.87. The molecular formula is C23H30N2O5S. The molecule has 0 heterocycles. The highest BCUT2D eigenvalue weighted by atomic mass is 32.2. The van der Waals surface area contributed by atoms with E-state index < -0.39 is 16.1 Å². The zero-order chi connectivity index (χ0) is 22.4. The van der Waals surface area contributed by atoms with Gasteiger partial charge in [0.25, 0.3) is 10.0 Å². The summed E-state index contributed by atoms with van der Waals surface area (Å²) in [4.78, 5) is 14.7. The van der Waals surface area contributed by atoms with Gasteiger partial charge in [-0.2, -0.15) is 0 Å². The van der Waals surface area contributed by atoms with Gasteiger partial charge < -0.3 is 14.7 Å². The lowest BCUT2D eigenvalue weighted by molar-refractivity contribution is -0.133. The molecule has 0 saturated heterocycles. The molecule has 0 aromatic heterocycles. The number of hydrogen-bond donors (Lipinski definition) is 1. The van der Waals surface area contributed by atoms with Crippen LogP contribution in [0, 0.1) is 0 Å². The first-order valence-corrected chi connectivity index (χ1v) is 12.0. The number of carbonyl (C=O) groups excluding carboxylic acids is 1. The van der Waals surface area contributed by atoms with E-state index in [0.29, 0.717) is 30.9 Å². The van der Waals surface area contributed by atoms with E-state index in [1.54, 1.807) is 49.5 Å². The third-order valence-electron chi connectivity index (χ3n) is 5.63. The summed E-state index contributed by atoms with van der Waals surface area (Å²) >= 11 is 0. The van der Waals surface area contributed by atoms with Crippen molar-refractivity contribution >= 4 is 21.6 Å². The van der Waals surface area contributed by atoms with Gasteiger partial charge in [0.05, 0.1) is 29.3 Å². The summed E-state index contributed by atoms with van der Waals surface area (Å²) in [7, 11) is -2.34. The lowest BCUT2D eigenvalue weighted by Gasteiger charge is -2.36. The number of benzene rings is 2. The molecule has 1 N–H and O–H groups in total. The lowest BCUT2D eigenvalue weighted by Crippen LogP contribution is -2.50. The van der Waals surface area contributed by atoms with Gasteiger partial charge in [-0.3, -0.25) is 9.10 Å². The number of aliphatic hydroxyl groups is 1. The highest BCUT2D eigenvalue weighted by Crippen LogP contribution is 2.27. The lowest BCUT2D eigenvalue weighted by atomic mass is 9.91. The van der Waals surface area contributed by atoms with Crippen molar-refractivity contribution in [2.45, 2.75) is 49.6 Å². The monoisotopic (exact) mass is 446 g/mol. The Morgan fingerprint density at radius 3 is 2.32 bits per heavy atom. The molecule has 1 saturated carbocycles. The average molecular weight is 447 g/mol. The first kappa shape index (κ1) is 23.1. The molecule has 1 aliphatic rings. The van der Waals surface area contributed by atoms with Gasteiger partial charge in [-0.05, 0) is 56.2 Å². The molecule has 0 aliphatic heterocycles. The van der Waals surface area contributed by atoms with E-state index in [9.17, 15) is 18.3 Å². The molecule has 31 heavy (non-hydrogen) atoms. The van der Waals surface area contributed by atoms with Crippen LogP contribution < -0.4 is 9.04 Å². The second-order valence-corrected chi connectivity index (χ2v) is 9.54. The molecule has 2 atom stereocenters. The van der Waals surface area contributed by atoms with Crippen molar-refractivity contribution < 1.29 is 23.1 Å². The van der Waals surface area contributed by atoms with E-state index in [1.165, 1.54) is 17.0 Å². The third kappa shape index (κ3) is 5.37. The molecule has 8 heteroatoms. The molecule has 7 nitrogen and oxygen atoms in total. The van der Waals surface area contributed by atoms with Gasteiger partial charge in [0.15, 0.2) is 0 Å². The Hall–Kier alpha value is -2.58. The Kier molecular flexibility index (Phi) is 7.56. The van der Waals surface area contributed by atoms with Gasteiger partial charge >= 0.3 is 0 Å². The van der Waals surface area contributed by atoms with Crippen molar-refractivity contribution in [3.63, 3.8) is 0 Å². The van der Waals surface area contributed by atoms with Gasteiger partial charge in [-0.25, -0.2) is 8.42 Å². The van der Waals surface area contributed by atoms with Crippen molar-refractivity contribution in [2.75, 3.05) is 24.5 Å². The Labute approximate surface area is 184 Å². The summed E-state index contributed by atoms with van der Waals surface area (Å²) in [5, 5.41) is 10.3. The van der Waals surface area contributed by atoms with Crippen LogP contribution in [0.5, 0.6) is 5.75 Å². The Morgan fingerprint density at radius 2 is 1.71 bits per heavy atom. The Bertz CT molecular complexity index is 963. The van der Waals surface area contributed by atoms with Gasteiger partial charge in [0, 0.05) is 7.05 Å². The number of amides is 1. The van der Waals surface area contributed by atoms with Crippen LogP contribution in [-0.4, -0.2) is 56.7 Å². The van der Waals surface area contributed by atoms with E-state index in [-0.39, 0.29) is 23.4 Å². The first-order valence-electron chi connectivity index (χ1n) is 10.6. The number of hydrogen-bond acceptors (Lipinski definition) is 5. The molecule has 1 amide bonds. The predicted molar refractivity (Wildman–Crippen MR) is 120 cm³/mol. The fourth-order valence-corrected chi connectivity index (χ4v) is 5.31. The summed E-state index contributed by atoms with van der Waals surface area (Å²) in [6.45, 7) is 2.01. The molecule has 168 valence electrons. The molecule has 2 aromatic carbocycles. The fraction of sp³-hybridized carbons (Fsp3) is 0.435. The molecule has 1 fully saturated rings. The number of sulfonamides is 1. The van der Waals surface area contributed by atoms with E-state index in [2.05, 4.69) is 0 Å². The molecule has 0 radical (unpaired) electrons. The van der Waals surface area contributed by atoms with E-state index in [0.717, 1.165) is 17.1 Å². The van der Waals surface area contributed by atoms with E-state index in [4.69, 9.17) is 4.74 Å². The zero-order valence-electron chi connectivity index (χ0n) is 18.0. The minimum atomic E-state index is -3.97. The molecule has 3 rings (SSSR count). The summed E-state index contributed by atoms with van der Waals surface area (Å²) < 4.78 is 33.4. The van der Waals surface area contributed by atoms with Crippen molar-refractivity contribution in [1.82, 2.24) is 4.90 Å². The molecular weight excluding hydrogens is 416 g/mol. The SMILES string of the molecule is CCOc1ccc(N(CC(=O)N(C)C2CCCCC2O)S(=O)(=O)c2ccccc2)cc1. The molecule has 0 spiro atoms. The molecule has 1 aliphatic carbocycles. The predicted octanol–water partition coefficient (Wildman–Crippen LogP) is 3.04. The molecule has 2 unspecified atom stereocenters. The number of rotatable bonds is 8. The average Bonchev–Trinajstić information content (AvgIpc) is 2.78. The maximum absolute atomic E-state index is 13.4. The van der Waals surface area contributed by atoms with E-state index in [1.807, 2.05) is 6.92 Å². The quantitative estimate of drug-likeness (QED) is 0.674. The maximum Gasteiger partial charge on any atom is 0.264 e. The van der Waals surface area contributed by atoms with Crippen LogP contribution in [0.1, 0.15) is 32.6 Å². The Morgan fingerprint density at radius 1 is 1.06 bits per heavy atom. The van der Waals surface area contributed by atoms with Crippen LogP contribution >= 0.6 is 0 Å². The van der Waals surface area contributed by atoms with Gasteiger partial charge in [0.2, 0.25) is 5.91 Å². The summed E-state index contributed by atoms with van der Waals surface area (Å²) in [5.41, 5.74) is 0.373. The van der Waals surface area contributed by atoms with Crippen molar-refractivity contribution in [3.8, 4) is 5.75 Å². The van der Waals surface area contributed by atoms with Crippen molar-refractivity contribution in [2.24, 2.45) is 0 Å².